The zero-order valence-electron chi connectivity index (χ0n) is 15.9. The number of aryl methyl sites for hydroxylation is 1. The average molecular weight is 392 g/mol. The zero-order valence-corrected chi connectivity index (χ0v) is 15.9. The Morgan fingerprint density at radius 2 is 1.86 bits per heavy atom. The Labute approximate surface area is 167 Å². The predicted molar refractivity (Wildman–Crippen MR) is 106 cm³/mol. The fourth-order valence-corrected chi connectivity index (χ4v) is 3.68. The van der Waals surface area contributed by atoms with Crippen LogP contribution in [0.25, 0.3) is 0 Å². The molecule has 8 nitrogen and oxygen atoms in total. The van der Waals surface area contributed by atoms with Crippen molar-refractivity contribution in [1.29, 1.82) is 0 Å². The van der Waals surface area contributed by atoms with Gasteiger partial charge in [0.15, 0.2) is 11.6 Å². The molecule has 0 N–H and O–H groups in total. The maximum absolute atomic E-state index is 12.7. The van der Waals surface area contributed by atoms with Gasteiger partial charge >= 0.3 is 0 Å². The predicted octanol–water partition coefficient (Wildman–Crippen LogP) is 3.90. The molecule has 8 heteroatoms. The first-order valence-corrected chi connectivity index (χ1v) is 9.46. The molecule has 0 atom stereocenters. The van der Waals surface area contributed by atoms with Crippen molar-refractivity contribution in [1.82, 2.24) is 10.1 Å². The van der Waals surface area contributed by atoms with Gasteiger partial charge in [-0.25, -0.2) is 0 Å². The van der Waals surface area contributed by atoms with Gasteiger partial charge in [-0.15, -0.1) is 0 Å². The van der Waals surface area contributed by atoms with Gasteiger partial charge < -0.3 is 9.42 Å². The minimum Gasteiger partial charge on any atom is -0.366 e. The van der Waals surface area contributed by atoms with Gasteiger partial charge in [-0.2, -0.15) is 4.98 Å². The Morgan fingerprint density at radius 1 is 1.14 bits per heavy atom. The minimum absolute atomic E-state index is 0.0566. The summed E-state index contributed by atoms with van der Waals surface area (Å²) in [5.41, 5.74) is 1.28. The first-order chi connectivity index (χ1) is 14.0. The summed E-state index contributed by atoms with van der Waals surface area (Å²) in [5, 5.41) is 15.5. The molecule has 2 aromatic carbocycles. The van der Waals surface area contributed by atoms with E-state index in [1.54, 1.807) is 43.3 Å². The highest BCUT2D eigenvalue weighted by Gasteiger charge is 2.29. The lowest BCUT2D eigenvalue weighted by Gasteiger charge is -2.31. The van der Waals surface area contributed by atoms with Crippen LogP contribution in [-0.4, -0.2) is 33.9 Å². The molecule has 3 aromatic rings. The molecule has 2 heterocycles. The smallest absolute Gasteiger partial charge is 0.293 e. The Bertz CT molecular complexity index is 1040. The Balaban J connectivity index is 1.55. The van der Waals surface area contributed by atoms with Crippen molar-refractivity contribution in [2.75, 3.05) is 18.0 Å². The average Bonchev–Trinajstić information content (AvgIpc) is 3.20. The third kappa shape index (κ3) is 3.87. The lowest BCUT2D eigenvalue weighted by Crippen LogP contribution is -2.33. The van der Waals surface area contributed by atoms with Crippen molar-refractivity contribution in [3.05, 3.63) is 81.5 Å². The van der Waals surface area contributed by atoms with Crippen LogP contribution in [0.2, 0.25) is 0 Å². The molecule has 0 spiro atoms. The van der Waals surface area contributed by atoms with Crippen LogP contribution in [-0.2, 0) is 0 Å². The van der Waals surface area contributed by atoms with Crippen LogP contribution in [0.3, 0.4) is 0 Å². The molecule has 4 rings (SSSR count). The van der Waals surface area contributed by atoms with Crippen LogP contribution in [0.1, 0.15) is 46.4 Å². The van der Waals surface area contributed by atoms with E-state index in [0.717, 1.165) is 12.8 Å². The number of nitro benzene ring substituents is 1. The highest BCUT2D eigenvalue weighted by atomic mass is 16.6. The Kier molecular flexibility index (Phi) is 5.07. The highest BCUT2D eigenvalue weighted by Crippen LogP contribution is 2.35. The molecule has 1 aliphatic heterocycles. The number of ketones is 1. The summed E-state index contributed by atoms with van der Waals surface area (Å²) in [5.74, 6) is 1.16. The fraction of sp³-hybridized carbons (Fsp3) is 0.286. The summed E-state index contributed by atoms with van der Waals surface area (Å²) >= 11 is 0. The monoisotopic (exact) mass is 392 g/mol. The van der Waals surface area contributed by atoms with Crippen molar-refractivity contribution in [2.45, 2.75) is 25.7 Å². The third-order valence-corrected chi connectivity index (χ3v) is 5.20. The van der Waals surface area contributed by atoms with Crippen molar-refractivity contribution in [3.63, 3.8) is 0 Å². The summed E-state index contributed by atoms with van der Waals surface area (Å²) in [7, 11) is 0. The standard InChI is InChI=1S/C21H20N4O4/c1-14-22-21(29-23-14)16-9-11-24(12-10-16)18-8-7-17(13-19(18)25(27)28)20(26)15-5-3-2-4-6-15/h2-8,13,16H,9-12H2,1H3. The number of aromatic nitrogens is 2. The number of rotatable bonds is 5. The molecule has 0 bridgehead atoms. The van der Waals surface area contributed by atoms with Gasteiger partial charge in [0, 0.05) is 36.2 Å². The highest BCUT2D eigenvalue weighted by molar-refractivity contribution is 6.09. The SMILES string of the molecule is Cc1noc(C2CCN(c3ccc(C(=O)c4ccccc4)cc3[N+](=O)[O-])CC2)n1. The fourth-order valence-electron chi connectivity index (χ4n) is 3.68. The molecule has 0 radical (unpaired) electrons. The maximum Gasteiger partial charge on any atom is 0.293 e. The molecule has 1 aromatic heterocycles. The molecular weight excluding hydrogens is 372 g/mol. The van der Waals surface area contributed by atoms with Gasteiger partial charge in [-0.1, -0.05) is 35.5 Å². The van der Waals surface area contributed by atoms with E-state index in [1.807, 2.05) is 11.0 Å². The van der Waals surface area contributed by atoms with E-state index in [1.165, 1.54) is 6.07 Å². The lowest BCUT2D eigenvalue weighted by molar-refractivity contribution is -0.384. The van der Waals surface area contributed by atoms with E-state index < -0.39 is 4.92 Å². The number of piperidine rings is 1. The summed E-state index contributed by atoms with van der Waals surface area (Å²) in [6, 6.07) is 13.5. The molecule has 0 amide bonds. The lowest BCUT2D eigenvalue weighted by atomic mass is 9.95. The second-order valence-corrected chi connectivity index (χ2v) is 7.10. The number of benzene rings is 2. The maximum atomic E-state index is 12.7. The normalized spacial score (nSPS) is 14.7. The van der Waals surface area contributed by atoms with E-state index >= 15 is 0 Å². The summed E-state index contributed by atoms with van der Waals surface area (Å²) in [4.78, 5) is 30.2. The van der Waals surface area contributed by atoms with Crippen LogP contribution in [0.4, 0.5) is 11.4 Å². The number of nitro groups is 1. The molecule has 148 valence electrons. The molecule has 0 unspecified atom stereocenters. The van der Waals surface area contributed by atoms with Crippen LogP contribution in [0.15, 0.2) is 53.1 Å². The van der Waals surface area contributed by atoms with E-state index in [4.69, 9.17) is 4.52 Å². The molecular formula is C21H20N4O4. The minimum atomic E-state index is -0.426. The van der Waals surface area contributed by atoms with E-state index in [-0.39, 0.29) is 17.4 Å². The summed E-state index contributed by atoms with van der Waals surface area (Å²) < 4.78 is 5.27. The van der Waals surface area contributed by atoms with Crippen molar-refractivity contribution in [2.24, 2.45) is 0 Å². The van der Waals surface area contributed by atoms with Crippen molar-refractivity contribution in [3.8, 4) is 0 Å². The van der Waals surface area contributed by atoms with Gasteiger partial charge in [-0.05, 0) is 31.9 Å². The molecule has 0 aliphatic carbocycles. The largest absolute Gasteiger partial charge is 0.366 e. The molecule has 0 saturated carbocycles. The van der Waals surface area contributed by atoms with Crippen molar-refractivity contribution >= 4 is 17.2 Å². The number of nitrogens with zero attached hydrogens (tertiary/aromatic N) is 4. The quantitative estimate of drug-likeness (QED) is 0.368. The van der Waals surface area contributed by atoms with Crippen LogP contribution in [0.5, 0.6) is 0 Å². The van der Waals surface area contributed by atoms with Crippen molar-refractivity contribution < 1.29 is 14.2 Å². The number of carbonyl (C=O) groups excluding carboxylic acids is 1. The second kappa shape index (κ2) is 7.83. The van der Waals surface area contributed by atoms with Gasteiger partial charge in [0.25, 0.3) is 5.69 Å². The molecule has 1 fully saturated rings. The van der Waals surface area contributed by atoms with Crippen LogP contribution in [0, 0.1) is 17.0 Å². The Morgan fingerprint density at radius 3 is 2.48 bits per heavy atom. The molecule has 29 heavy (non-hydrogen) atoms. The first-order valence-electron chi connectivity index (χ1n) is 9.46. The van der Waals surface area contributed by atoms with Crippen LogP contribution >= 0.6 is 0 Å². The van der Waals surface area contributed by atoms with E-state index in [9.17, 15) is 14.9 Å². The first kappa shape index (κ1) is 18.8. The number of anilines is 1. The summed E-state index contributed by atoms with van der Waals surface area (Å²) in [6.45, 7) is 3.06. The van der Waals surface area contributed by atoms with E-state index in [2.05, 4.69) is 10.1 Å². The van der Waals surface area contributed by atoms with Gasteiger partial charge in [0.05, 0.1) is 4.92 Å². The number of hydrogen-bond acceptors (Lipinski definition) is 7. The second-order valence-electron chi connectivity index (χ2n) is 7.10. The number of hydrogen-bond donors (Lipinski definition) is 0. The van der Waals surface area contributed by atoms with Gasteiger partial charge in [-0.3, -0.25) is 14.9 Å². The zero-order chi connectivity index (χ0) is 20.4. The number of carbonyl (C=O) groups is 1. The topological polar surface area (TPSA) is 102 Å². The Hall–Kier alpha value is -3.55. The van der Waals surface area contributed by atoms with Crippen LogP contribution < -0.4 is 4.90 Å². The molecule has 1 aliphatic rings. The summed E-state index contributed by atoms with van der Waals surface area (Å²) in [6.07, 6.45) is 1.53. The molecule has 1 saturated heterocycles. The van der Waals surface area contributed by atoms with Gasteiger partial charge in [0.2, 0.25) is 5.89 Å². The third-order valence-electron chi connectivity index (χ3n) is 5.20. The van der Waals surface area contributed by atoms with E-state index in [0.29, 0.717) is 41.6 Å². The van der Waals surface area contributed by atoms with Gasteiger partial charge in [0.1, 0.15) is 5.69 Å².